The fourth-order valence-electron chi connectivity index (χ4n) is 1.07. The van der Waals surface area contributed by atoms with Crippen LogP contribution in [0.25, 0.3) is 0 Å². The first kappa shape index (κ1) is 10.5. The summed E-state index contributed by atoms with van der Waals surface area (Å²) in [7, 11) is 0. The van der Waals surface area contributed by atoms with E-state index in [1.54, 1.807) is 12.1 Å². The lowest BCUT2D eigenvalue weighted by Gasteiger charge is -1.83. The molecule has 1 aromatic rings. The molecule has 2 atom stereocenters. The molecule has 2 heterocycles. The number of rotatable bonds is 1. The van der Waals surface area contributed by atoms with Crippen LogP contribution in [0.3, 0.4) is 0 Å². The zero-order valence-electron chi connectivity index (χ0n) is 8.27. The summed E-state index contributed by atoms with van der Waals surface area (Å²) in [5.41, 5.74) is -0.439. The summed E-state index contributed by atoms with van der Waals surface area (Å²) >= 11 is 0. The number of epoxide rings is 1. The van der Waals surface area contributed by atoms with Crippen LogP contribution in [-0.2, 0) is 4.74 Å². The highest BCUT2D eigenvalue weighted by Crippen LogP contribution is 2.19. The zero-order chi connectivity index (χ0) is 11.4. The molecule has 1 saturated heterocycles. The van der Waals surface area contributed by atoms with Gasteiger partial charge in [-0.05, 0) is 23.8 Å². The molecule has 0 spiro atoms. The van der Waals surface area contributed by atoms with E-state index in [2.05, 4.69) is 23.7 Å². The summed E-state index contributed by atoms with van der Waals surface area (Å²) in [6.45, 7) is -0.0274. The molecule has 0 aromatic carbocycles. The van der Waals surface area contributed by atoms with Crippen molar-refractivity contribution in [2.75, 3.05) is 6.61 Å². The lowest BCUT2D eigenvalue weighted by molar-refractivity contribution is 0.243. The molecule has 1 N–H and O–H groups in total. The molecule has 0 radical (unpaired) electrons. The first-order chi connectivity index (χ1) is 7.79. The average Bonchev–Trinajstić information content (AvgIpc) is 3.03. The molecular formula is C12H8O4. The Balaban J connectivity index is 1.98. The molecule has 4 nitrogen and oxygen atoms in total. The second-order valence-electron chi connectivity index (χ2n) is 3.11. The molecule has 0 bridgehead atoms. The lowest BCUT2D eigenvalue weighted by atomic mass is 10.3. The monoisotopic (exact) mass is 216 g/mol. The van der Waals surface area contributed by atoms with E-state index in [0.717, 1.165) is 0 Å². The number of hydrogen-bond acceptors (Lipinski definition) is 4. The molecule has 1 aromatic heterocycles. The molecule has 1 aliphatic heterocycles. The van der Waals surface area contributed by atoms with Crippen LogP contribution in [0.4, 0.5) is 0 Å². The van der Waals surface area contributed by atoms with Gasteiger partial charge in [0.2, 0.25) is 0 Å². The SMILES string of the molecule is O=c1cccc(C#CC#C[C@@H]2O[C@H]2CO)o1. The van der Waals surface area contributed by atoms with Crippen molar-refractivity contribution in [1.82, 2.24) is 0 Å². The standard InChI is InChI=1S/C12H8O4/c13-8-11-10(16-11)6-2-1-4-9-5-3-7-12(14)15-9/h3,5,7,10-11,13H,8H2/t10-,11-/m0/s1. The van der Waals surface area contributed by atoms with Gasteiger partial charge in [0.15, 0.2) is 5.76 Å². The second kappa shape index (κ2) is 4.67. The molecule has 0 amide bonds. The molecule has 2 rings (SSSR count). The zero-order valence-corrected chi connectivity index (χ0v) is 8.27. The Morgan fingerprint density at radius 3 is 2.94 bits per heavy atom. The molecule has 1 fully saturated rings. The van der Waals surface area contributed by atoms with Crippen LogP contribution >= 0.6 is 0 Å². The van der Waals surface area contributed by atoms with Crippen molar-refractivity contribution in [2.24, 2.45) is 0 Å². The number of aliphatic hydroxyl groups excluding tert-OH is 1. The van der Waals surface area contributed by atoms with Gasteiger partial charge in [-0.3, -0.25) is 0 Å². The Bertz CT molecular complexity index is 550. The van der Waals surface area contributed by atoms with Crippen molar-refractivity contribution in [3.63, 3.8) is 0 Å². The van der Waals surface area contributed by atoms with E-state index in [1.807, 2.05) is 0 Å². The predicted molar refractivity (Wildman–Crippen MR) is 55.4 cm³/mol. The van der Waals surface area contributed by atoms with Gasteiger partial charge in [-0.1, -0.05) is 12.0 Å². The van der Waals surface area contributed by atoms with E-state index in [1.165, 1.54) is 6.07 Å². The van der Waals surface area contributed by atoms with Crippen LogP contribution in [0, 0.1) is 23.7 Å². The molecule has 0 saturated carbocycles. The highest BCUT2D eigenvalue weighted by atomic mass is 16.6. The second-order valence-corrected chi connectivity index (χ2v) is 3.11. The van der Waals surface area contributed by atoms with Crippen molar-refractivity contribution in [1.29, 1.82) is 0 Å². The van der Waals surface area contributed by atoms with E-state index in [-0.39, 0.29) is 24.6 Å². The van der Waals surface area contributed by atoms with E-state index in [0.29, 0.717) is 0 Å². The van der Waals surface area contributed by atoms with Crippen molar-refractivity contribution < 1.29 is 14.3 Å². The molecule has 0 aliphatic carbocycles. The van der Waals surface area contributed by atoms with E-state index in [9.17, 15) is 4.79 Å². The molecule has 0 unspecified atom stereocenters. The fourth-order valence-corrected chi connectivity index (χ4v) is 1.07. The number of ether oxygens (including phenoxy) is 1. The molecular weight excluding hydrogens is 208 g/mol. The third kappa shape index (κ3) is 2.74. The molecule has 4 heteroatoms. The summed E-state index contributed by atoms with van der Waals surface area (Å²) in [4.78, 5) is 10.8. The Morgan fingerprint density at radius 1 is 1.38 bits per heavy atom. The van der Waals surface area contributed by atoms with Crippen LogP contribution in [0.15, 0.2) is 27.4 Å². The molecule has 1 aliphatic rings. The minimum atomic E-state index is -0.439. The van der Waals surface area contributed by atoms with Crippen molar-refractivity contribution in [3.8, 4) is 23.7 Å². The summed E-state index contributed by atoms with van der Waals surface area (Å²) in [6.07, 6.45) is -0.397. The summed E-state index contributed by atoms with van der Waals surface area (Å²) in [6, 6.07) is 4.45. The van der Waals surface area contributed by atoms with Crippen LogP contribution < -0.4 is 5.63 Å². The van der Waals surface area contributed by atoms with Gasteiger partial charge in [0.1, 0.15) is 12.2 Å². The van der Waals surface area contributed by atoms with Crippen LogP contribution in [-0.4, -0.2) is 23.9 Å². The largest absolute Gasteiger partial charge is 0.414 e. The third-order valence-electron chi connectivity index (χ3n) is 1.92. The van der Waals surface area contributed by atoms with Gasteiger partial charge in [0.05, 0.1) is 6.61 Å². The minimum Gasteiger partial charge on any atom is -0.414 e. The maximum absolute atomic E-state index is 10.8. The topological polar surface area (TPSA) is 63.0 Å². The van der Waals surface area contributed by atoms with Crippen LogP contribution in [0.5, 0.6) is 0 Å². The number of hydrogen-bond donors (Lipinski definition) is 1. The lowest BCUT2D eigenvalue weighted by Crippen LogP contribution is -1.96. The Labute approximate surface area is 91.9 Å². The van der Waals surface area contributed by atoms with E-state index < -0.39 is 5.63 Å². The average molecular weight is 216 g/mol. The van der Waals surface area contributed by atoms with Gasteiger partial charge in [-0.15, -0.1) is 0 Å². The van der Waals surface area contributed by atoms with Gasteiger partial charge in [0.25, 0.3) is 0 Å². The van der Waals surface area contributed by atoms with Crippen LogP contribution in [0.2, 0.25) is 0 Å². The van der Waals surface area contributed by atoms with Gasteiger partial charge in [-0.2, -0.15) is 0 Å². The van der Waals surface area contributed by atoms with E-state index in [4.69, 9.17) is 14.3 Å². The Morgan fingerprint density at radius 2 is 2.25 bits per heavy atom. The summed E-state index contributed by atoms with van der Waals surface area (Å²) in [5.74, 6) is 10.7. The molecule has 80 valence electrons. The summed E-state index contributed by atoms with van der Waals surface area (Å²) < 4.78 is 9.75. The van der Waals surface area contributed by atoms with Crippen molar-refractivity contribution in [2.45, 2.75) is 12.2 Å². The first-order valence-corrected chi connectivity index (χ1v) is 4.67. The minimum absolute atomic E-state index is 0.0274. The van der Waals surface area contributed by atoms with Gasteiger partial charge >= 0.3 is 5.63 Å². The Hall–Kier alpha value is -2.01. The van der Waals surface area contributed by atoms with Gasteiger partial charge in [-0.25, -0.2) is 4.79 Å². The summed E-state index contributed by atoms with van der Waals surface area (Å²) in [5, 5.41) is 8.66. The predicted octanol–water partition coefficient (Wildman–Crippen LogP) is -0.246. The first-order valence-electron chi connectivity index (χ1n) is 4.67. The Kier molecular flexibility index (Phi) is 3.07. The van der Waals surface area contributed by atoms with Crippen molar-refractivity contribution >= 4 is 0 Å². The highest BCUT2D eigenvalue weighted by Gasteiger charge is 2.36. The fraction of sp³-hybridized carbons (Fsp3) is 0.250. The van der Waals surface area contributed by atoms with Crippen LogP contribution in [0.1, 0.15) is 5.76 Å². The highest BCUT2D eigenvalue weighted by molar-refractivity contribution is 5.35. The van der Waals surface area contributed by atoms with Gasteiger partial charge in [0, 0.05) is 6.07 Å². The third-order valence-corrected chi connectivity index (χ3v) is 1.92. The number of aliphatic hydroxyl groups is 1. The quantitative estimate of drug-likeness (QED) is 0.519. The normalized spacial score (nSPS) is 21.3. The molecule has 16 heavy (non-hydrogen) atoms. The van der Waals surface area contributed by atoms with E-state index >= 15 is 0 Å². The smallest absolute Gasteiger partial charge is 0.336 e. The maximum Gasteiger partial charge on any atom is 0.336 e. The van der Waals surface area contributed by atoms with Gasteiger partial charge < -0.3 is 14.3 Å². The van der Waals surface area contributed by atoms with Crippen molar-refractivity contribution in [3.05, 3.63) is 34.4 Å². The maximum atomic E-state index is 10.8.